The van der Waals surface area contributed by atoms with Crippen molar-refractivity contribution in [3.05, 3.63) is 216 Å². The molecule has 11 rings (SSSR count). The molecule has 2 aliphatic rings. The zero-order valence-corrected chi connectivity index (χ0v) is 28.4. The molecular weight excluding hydrogens is 629 g/mol. The van der Waals surface area contributed by atoms with Crippen LogP contribution >= 0.6 is 0 Å². The van der Waals surface area contributed by atoms with E-state index in [1.807, 2.05) is 6.07 Å². The molecule has 0 atom stereocenters. The van der Waals surface area contributed by atoms with Gasteiger partial charge in [-0.3, -0.25) is 0 Å². The highest BCUT2D eigenvalue weighted by atomic mass is 16.5. The third kappa shape index (κ3) is 4.05. The number of benzene rings is 9. The summed E-state index contributed by atoms with van der Waals surface area (Å²) in [6, 6.07) is 71.2. The van der Waals surface area contributed by atoms with E-state index in [9.17, 15) is 0 Å². The summed E-state index contributed by atoms with van der Waals surface area (Å²) in [6.45, 7) is 0. The molecule has 0 amide bonds. The van der Waals surface area contributed by atoms with E-state index in [4.69, 9.17) is 4.74 Å². The molecule has 0 saturated carbocycles. The van der Waals surface area contributed by atoms with Crippen LogP contribution in [0.1, 0.15) is 22.3 Å². The maximum Gasteiger partial charge on any atom is 0.135 e. The van der Waals surface area contributed by atoms with Crippen molar-refractivity contribution < 1.29 is 4.74 Å². The van der Waals surface area contributed by atoms with E-state index < -0.39 is 5.41 Å². The van der Waals surface area contributed by atoms with Crippen molar-refractivity contribution >= 4 is 21.5 Å². The van der Waals surface area contributed by atoms with Crippen molar-refractivity contribution in [3.8, 4) is 56.0 Å². The molecule has 9 aromatic carbocycles. The van der Waals surface area contributed by atoms with Gasteiger partial charge in [-0.2, -0.15) is 0 Å². The van der Waals surface area contributed by atoms with Crippen LogP contribution in [0, 0.1) is 0 Å². The minimum absolute atomic E-state index is 0.532. The maximum atomic E-state index is 6.48. The molecular formula is C51H32O. The van der Waals surface area contributed by atoms with Gasteiger partial charge >= 0.3 is 0 Å². The summed E-state index contributed by atoms with van der Waals surface area (Å²) in [5.41, 5.74) is 14.4. The van der Waals surface area contributed by atoms with Crippen LogP contribution < -0.4 is 4.74 Å². The summed E-state index contributed by atoms with van der Waals surface area (Å²) in [6.07, 6.45) is 0. The number of para-hydroxylation sites is 1. The highest BCUT2D eigenvalue weighted by molar-refractivity contribution is 6.10. The van der Waals surface area contributed by atoms with Crippen molar-refractivity contribution in [1.82, 2.24) is 0 Å². The normalized spacial score (nSPS) is 13.3. The Labute approximate surface area is 303 Å². The van der Waals surface area contributed by atoms with Crippen LogP contribution in [0.2, 0.25) is 0 Å². The smallest absolute Gasteiger partial charge is 0.135 e. The largest absolute Gasteiger partial charge is 0.456 e. The average Bonchev–Trinajstić information content (AvgIpc) is 3.50. The molecule has 0 saturated heterocycles. The summed E-state index contributed by atoms with van der Waals surface area (Å²) in [5, 5.41) is 4.87. The minimum atomic E-state index is -0.532. The lowest BCUT2D eigenvalue weighted by Crippen LogP contribution is -2.28. The van der Waals surface area contributed by atoms with Gasteiger partial charge in [0.15, 0.2) is 0 Å². The van der Waals surface area contributed by atoms with E-state index in [2.05, 4.69) is 188 Å². The molecule has 1 aliphatic heterocycles. The molecule has 0 fully saturated rings. The van der Waals surface area contributed by atoms with Crippen molar-refractivity contribution in [2.24, 2.45) is 0 Å². The molecule has 0 unspecified atom stereocenters. The molecule has 1 heteroatoms. The number of hydrogen-bond donors (Lipinski definition) is 0. The monoisotopic (exact) mass is 660 g/mol. The predicted octanol–water partition coefficient (Wildman–Crippen LogP) is 13.5. The standard InChI is InChI=1S/C51H32O/c1-4-14-33(15-5-1)38-22-12-16-34-30-45-40-27-26-35(39-28-29-49-50-42(39)23-13-24-43(50)41-21-10-11-25-48(41)52-49)31-46(40)51(47(45)32-44(34)38,36-17-6-2-7-18-36)37-19-8-3-9-20-37/h1-32H. The second kappa shape index (κ2) is 11.2. The molecule has 0 bridgehead atoms. The highest BCUT2D eigenvalue weighted by Crippen LogP contribution is 2.58. The van der Waals surface area contributed by atoms with E-state index in [0.29, 0.717) is 0 Å². The van der Waals surface area contributed by atoms with Crippen LogP contribution in [0.25, 0.3) is 66.1 Å². The quantitative estimate of drug-likeness (QED) is 0.183. The second-order valence-electron chi connectivity index (χ2n) is 14.0. The molecule has 1 nitrogen and oxygen atoms in total. The lowest BCUT2D eigenvalue weighted by Gasteiger charge is -2.34. The van der Waals surface area contributed by atoms with Crippen molar-refractivity contribution in [1.29, 1.82) is 0 Å². The third-order valence-electron chi connectivity index (χ3n) is 11.3. The number of rotatable bonds is 4. The summed E-state index contributed by atoms with van der Waals surface area (Å²) < 4.78 is 6.48. The van der Waals surface area contributed by atoms with Gasteiger partial charge in [-0.15, -0.1) is 0 Å². The first-order valence-corrected chi connectivity index (χ1v) is 18.0. The van der Waals surface area contributed by atoms with Crippen LogP contribution in [0.5, 0.6) is 11.5 Å². The molecule has 0 spiro atoms. The lowest BCUT2D eigenvalue weighted by atomic mass is 9.67. The van der Waals surface area contributed by atoms with Crippen LogP contribution in [0.4, 0.5) is 0 Å². The molecule has 52 heavy (non-hydrogen) atoms. The van der Waals surface area contributed by atoms with Gasteiger partial charge in [0.1, 0.15) is 11.5 Å². The van der Waals surface area contributed by atoms with E-state index in [-0.39, 0.29) is 0 Å². The minimum Gasteiger partial charge on any atom is -0.456 e. The molecule has 0 aromatic heterocycles. The van der Waals surface area contributed by atoms with Crippen molar-refractivity contribution in [2.75, 3.05) is 0 Å². The summed E-state index contributed by atoms with van der Waals surface area (Å²) in [4.78, 5) is 0. The second-order valence-corrected chi connectivity index (χ2v) is 14.0. The first-order valence-electron chi connectivity index (χ1n) is 18.0. The van der Waals surface area contributed by atoms with Gasteiger partial charge < -0.3 is 4.74 Å². The van der Waals surface area contributed by atoms with Crippen molar-refractivity contribution in [2.45, 2.75) is 5.41 Å². The van der Waals surface area contributed by atoms with Gasteiger partial charge in [-0.05, 0) is 108 Å². The van der Waals surface area contributed by atoms with Crippen LogP contribution in [0.15, 0.2) is 194 Å². The van der Waals surface area contributed by atoms with Gasteiger partial charge in [0.2, 0.25) is 0 Å². The predicted molar refractivity (Wildman–Crippen MR) is 215 cm³/mol. The SMILES string of the molecule is c1ccc(-c2cccc3cc4c(cc23)C(c2ccccc2)(c2ccccc2)c2cc(-c3ccc5c6c(cccc36)-c3ccccc3O5)ccc2-4)cc1. The van der Waals surface area contributed by atoms with E-state index in [1.165, 1.54) is 82.7 Å². The van der Waals surface area contributed by atoms with Gasteiger partial charge in [0.05, 0.1) is 5.41 Å². The number of hydrogen-bond acceptors (Lipinski definition) is 1. The fourth-order valence-corrected chi connectivity index (χ4v) is 9.13. The Kier molecular flexibility index (Phi) is 6.23. The Hall–Kier alpha value is -6.70. The topological polar surface area (TPSA) is 9.23 Å². The molecule has 9 aromatic rings. The molecule has 0 radical (unpaired) electrons. The molecule has 1 heterocycles. The fraction of sp³-hybridized carbons (Fsp3) is 0.0196. The highest BCUT2D eigenvalue weighted by Gasteiger charge is 2.46. The van der Waals surface area contributed by atoms with E-state index in [1.54, 1.807) is 0 Å². The van der Waals surface area contributed by atoms with E-state index >= 15 is 0 Å². The molecule has 0 N–H and O–H groups in total. The molecule has 242 valence electrons. The Morgan fingerprint density at radius 3 is 1.73 bits per heavy atom. The number of ether oxygens (including phenoxy) is 1. The zero-order valence-electron chi connectivity index (χ0n) is 28.4. The van der Waals surface area contributed by atoms with E-state index in [0.717, 1.165) is 17.1 Å². The Morgan fingerprint density at radius 2 is 0.942 bits per heavy atom. The summed E-state index contributed by atoms with van der Waals surface area (Å²) in [7, 11) is 0. The average molecular weight is 661 g/mol. The first kappa shape index (κ1) is 29.1. The third-order valence-corrected chi connectivity index (χ3v) is 11.3. The number of fused-ring (bicyclic) bond motifs is 6. The molecule has 1 aliphatic carbocycles. The van der Waals surface area contributed by atoms with Crippen LogP contribution in [-0.4, -0.2) is 0 Å². The Bertz CT molecular complexity index is 2810. The summed E-state index contributed by atoms with van der Waals surface area (Å²) >= 11 is 0. The maximum absolute atomic E-state index is 6.48. The van der Waals surface area contributed by atoms with Gasteiger partial charge in [-0.1, -0.05) is 164 Å². The summed E-state index contributed by atoms with van der Waals surface area (Å²) in [5.74, 6) is 1.81. The van der Waals surface area contributed by atoms with Gasteiger partial charge in [0, 0.05) is 10.9 Å². The lowest BCUT2D eigenvalue weighted by molar-refractivity contribution is 0.487. The Balaban J connectivity index is 1.22. The van der Waals surface area contributed by atoms with Crippen LogP contribution in [0.3, 0.4) is 0 Å². The first-order chi connectivity index (χ1) is 25.8. The fourth-order valence-electron chi connectivity index (χ4n) is 9.13. The van der Waals surface area contributed by atoms with Gasteiger partial charge in [0.25, 0.3) is 0 Å². The van der Waals surface area contributed by atoms with Crippen LogP contribution in [-0.2, 0) is 5.41 Å². The van der Waals surface area contributed by atoms with Gasteiger partial charge in [-0.25, -0.2) is 0 Å². The zero-order chi connectivity index (χ0) is 34.2. The Morgan fingerprint density at radius 1 is 0.327 bits per heavy atom. The van der Waals surface area contributed by atoms with Crippen molar-refractivity contribution in [3.63, 3.8) is 0 Å².